The smallest absolute Gasteiger partial charge is 0.292 e. The minimum Gasteiger partial charge on any atom is -0.379 e. The van der Waals surface area contributed by atoms with E-state index in [0.717, 1.165) is 37.9 Å². The second kappa shape index (κ2) is 8.47. The van der Waals surface area contributed by atoms with Crippen LogP contribution in [0.3, 0.4) is 0 Å². The number of nitro groups is 1. The molecule has 0 radical (unpaired) electrons. The van der Waals surface area contributed by atoms with E-state index in [0.29, 0.717) is 18.8 Å². The van der Waals surface area contributed by atoms with Gasteiger partial charge >= 0.3 is 0 Å². The predicted octanol–water partition coefficient (Wildman–Crippen LogP) is 1.82. The van der Waals surface area contributed by atoms with Gasteiger partial charge in [0.25, 0.3) is 5.69 Å². The van der Waals surface area contributed by atoms with Crippen molar-refractivity contribution in [3.63, 3.8) is 0 Å². The first-order valence-electron chi connectivity index (χ1n) is 8.05. The molecule has 1 aromatic carbocycles. The zero-order chi connectivity index (χ0) is 16.7. The van der Waals surface area contributed by atoms with E-state index in [9.17, 15) is 14.9 Å². The van der Waals surface area contributed by atoms with Crippen LogP contribution in [0.25, 0.3) is 0 Å². The number of carbonyl (C=O) groups excluding carboxylic acids is 1. The summed E-state index contributed by atoms with van der Waals surface area (Å²) >= 11 is 0. The first-order chi connectivity index (χ1) is 11.1. The highest BCUT2D eigenvalue weighted by atomic mass is 16.6. The molecule has 0 unspecified atom stereocenters. The number of piperidine rings is 1. The van der Waals surface area contributed by atoms with Crippen LogP contribution in [-0.4, -0.2) is 37.0 Å². The van der Waals surface area contributed by atoms with Crippen molar-refractivity contribution in [2.24, 2.45) is 5.92 Å². The van der Waals surface area contributed by atoms with Gasteiger partial charge in [0.2, 0.25) is 5.91 Å². The molecule has 1 heterocycles. The van der Waals surface area contributed by atoms with Crippen molar-refractivity contribution >= 4 is 17.3 Å². The number of hydrogen-bond donors (Lipinski definition) is 3. The maximum atomic E-state index is 12.0. The van der Waals surface area contributed by atoms with Crippen molar-refractivity contribution in [2.75, 3.05) is 31.5 Å². The number of amides is 1. The highest BCUT2D eigenvalue weighted by Crippen LogP contribution is 2.25. The van der Waals surface area contributed by atoms with E-state index in [-0.39, 0.29) is 22.4 Å². The second-order valence-corrected chi connectivity index (χ2v) is 5.87. The van der Waals surface area contributed by atoms with E-state index >= 15 is 0 Å². The second-order valence-electron chi connectivity index (χ2n) is 5.87. The Morgan fingerprint density at radius 1 is 1.35 bits per heavy atom. The fourth-order valence-electron chi connectivity index (χ4n) is 2.69. The van der Waals surface area contributed by atoms with Crippen LogP contribution in [0.1, 0.15) is 24.8 Å². The Balaban J connectivity index is 1.71. The summed E-state index contributed by atoms with van der Waals surface area (Å²) in [5.74, 6) is 0.232. The number of carbonyl (C=O) groups is 1. The van der Waals surface area contributed by atoms with Crippen molar-refractivity contribution < 1.29 is 9.72 Å². The lowest BCUT2D eigenvalue weighted by Gasteiger charge is -2.21. The molecule has 1 aromatic rings. The Kier molecular flexibility index (Phi) is 6.34. The van der Waals surface area contributed by atoms with Gasteiger partial charge in [-0.15, -0.1) is 0 Å². The maximum absolute atomic E-state index is 12.0. The number of hydrogen-bond acceptors (Lipinski definition) is 5. The molecular formula is C16H24N4O3. The van der Waals surface area contributed by atoms with Crippen molar-refractivity contribution in [1.29, 1.82) is 0 Å². The zero-order valence-corrected chi connectivity index (χ0v) is 13.4. The molecule has 1 fully saturated rings. The van der Waals surface area contributed by atoms with Crippen molar-refractivity contribution in [3.05, 3.63) is 33.9 Å². The molecule has 7 heteroatoms. The van der Waals surface area contributed by atoms with E-state index in [1.54, 1.807) is 12.1 Å². The average Bonchev–Trinajstić information content (AvgIpc) is 2.56. The monoisotopic (exact) mass is 320 g/mol. The highest BCUT2D eigenvalue weighted by Gasteiger charge is 2.20. The summed E-state index contributed by atoms with van der Waals surface area (Å²) in [6.45, 7) is 4.78. The first kappa shape index (κ1) is 17.2. The molecule has 0 bridgehead atoms. The summed E-state index contributed by atoms with van der Waals surface area (Å²) < 4.78 is 0. The predicted molar refractivity (Wildman–Crippen MR) is 89.5 cm³/mol. The van der Waals surface area contributed by atoms with Crippen LogP contribution in [0.15, 0.2) is 18.2 Å². The van der Waals surface area contributed by atoms with Crippen LogP contribution in [-0.2, 0) is 4.79 Å². The van der Waals surface area contributed by atoms with Crippen LogP contribution in [0.5, 0.6) is 0 Å². The largest absolute Gasteiger partial charge is 0.379 e. The normalized spacial score (nSPS) is 15.2. The van der Waals surface area contributed by atoms with Gasteiger partial charge in [-0.2, -0.15) is 0 Å². The highest BCUT2D eigenvalue weighted by molar-refractivity contribution is 5.78. The van der Waals surface area contributed by atoms with E-state index in [1.807, 2.05) is 13.0 Å². The molecule has 0 atom stereocenters. The molecule has 0 saturated carbocycles. The molecule has 23 heavy (non-hydrogen) atoms. The van der Waals surface area contributed by atoms with Crippen molar-refractivity contribution in [2.45, 2.75) is 26.2 Å². The zero-order valence-electron chi connectivity index (χ0n) is 13.4. The van der Waals surface area contributed by atoms with E-state index in [4.69, 9.17) is 0 Å². The molecule has 0 aromatic heterocycles. The fourth-order valence-corrected chi connectivity index (χ4v) is 2.69. The molecule has 2 rings (SSSR count). The molecular weight excluding hydrogens is 296 g/mol. The third-order valence-electron chi connectivity index (χ3n) is 4.03. The van der Waals surface area contributed by atoms with Crippen LogP contribution in [0, 0.1) is 23.0 Å². The number of aryl methyl sites for hydroxylation is 1. The quantitative estimate of drug-likeness (QED) is 0.404. The van der Waals surface area contributed by atoms with Crippen LogP contribution < -0.4 is 16.0 Å². The van der Waals surface area contributed by atoms with Gasteiger partial charge < -0.3 is 16.0 Å². The Labute approximate surface area is 136 Å². The summed E-state index contributed by atoms with van der Waals surface area (Å²) in [4.78, 5) is 22.6. The molecule has 1 saturated heterocycles. The van der Waals surface area contributed by atoms with Gasteiger partial charge in [0.1, 0.15) is 5.69 Å². The van der Waals surface area contributed by atoms with Gasteiger partial charge in [0.05, 0.1) is 4.92 Å². The van der Waals surface area contributed by atoms with Gasteiger partial charge in [-0.05, 0) is 50.9 Å². The first-order valence-corrected chi connectivity index (χ1v) is 8.05. The topological polar surface area (TPSA) is 96.3 Å². The minimum absolute atomic E-state index is 0.0868. The third kappa shape index (κ3) is 5.21. The number of nitrogens with zero attached hydrogens (tertiary/aromatic N) is 1. The summed E-state index contributed by atoms with van der Waals surface area (Å²) in [5.41, 5.74) is 1.46. The molecule has 1 aliphatic heterocycles. The molecule has 7 nitrogen and oxygen atoms in total. The molecule has 126 valence electrons. The van der Waals surface area contributed by atoms with Crippen LogP contribution in [0.4, 0.5) is 11.4 Å². The van der Waals surface area contributed by atoms with Crippen molar-refractivity contribution in [3.8, 4) is 0 Å². The average molecular weight is 320 g/mol. The molecule has 1 aliphatic rings. The van der Waals surface area contributed by atoms with Gasteiger partial charge in [0.15, 0.2) is 0 Å². The Morgan fingerprint density at radius 2 is 2.09 bits per heavy atom. The minimum atomic E-state index is -0.381. The standard InChI is InChI=1S/C16H24N4O3/c1-12-3-4-14(15(11-12)20(22)23)18-7-2-8-19-16(21)13-5-9-17-10-6-13/h3-4,11,13,17-18H,2,5-10H2,1H3,(H,19,21). The van der Waals surface area contributed by atoms with Crippen molar-refractivity contribution in [1.82, 2.24) is 10.6 Å². The van der Waals surface area contributed by atoms with Gasteiger partial charge in [-0.3, -0.25) is 14.9 Å². The van der Waals surface area contributed by atoms with E-state index in [2.05, 4.69) is 16.0 Å². The Hall–Kier alpha value is -2.15. The maximum Gasteiger partial charge on any atom is 0.292 e. The Morgan fingerprint density at radius 3 is 2.78 bits per heavy atom. The summed E-state index contributed by atoms with van der Waals surface area (Å²) in [6, 6.07) is 5.12. The lowest BCUT2D eigenvalue weighted by Crippen LogP contribution is -2.38. The van der Waals surface area contributed by atoms with Crippen LogP contribution in [0.2, 0.25) is 0 Å². The third-order valence-corrected chi connectivity index (χ3v) is 4.03. The van der Waals surface area contributed by atoms with E-state index in [1.165, 1.54) is 0 Å². The number of nitrogens with one attached hydrogen (secondary N) is 3. The molecule has 1 amide bonds. The van der Waals surface area contributed by atoms with Crippen LogP contribution >= 0.6 is 0 Å². The summed E-state index contributed by atoms with van der Waals surface area (Å²) in [6.07, 6.45) is 2.50. The lowest BCUT2D eigenvalue weighted by atomic mass is 9.97. The SMILES string of the molecule is Cc1ccc(NCCCNC(=O)C2CCNCC2)c([N+](=O)[O-])c1. The lowest BCUT2D eigenvalue weighted by molar-refractivity contribution is -0.384. The Bertz CT molecular complexity index is 556. The number of anilines is 1. The number of rotatable bonds is 7. The van der Waals surface area contributed by atoms with Gasteiger partial charge in [-0.1, -0.05) is 6.07 Å². The summed E-state index contributed by atoms with van der Waals surface area (Å²) in [7, 11) is 0. The number of benzene rings is 1. The van der Waals surface area contributed by atoms with Gasteiger partial charge in [0, 0.05) is 25.1 Å². The van der Waals surface area contributed by atoms with Gasteiger partial charge in [-0.25, -0.2) is 0 Å². The summed E-state index contributed by atoms with van der Waals surface area (Å²) in [5, 5.41) is 20.3. The number of nitro benzene ring substituents is 1. The fraction of sp³-hybridized carbons (Fsp3) is 0.562. The molecule has 0 spiro atoms. The van der Waals surface area contributed by atoms with E-state index < -0.39 is 0 Å². The molecule has 0 aliphatic carbocycles. The molecule has 3 N–H and O–H groups in total.